The first-order valence-corrected chi connectivity index (χ1v) is 7.55. The number of rotatable bonds is 3. The number of hydrogen-bond acceptors (Lipinski definition) is 4. The molecule has 0 saturated carbocycles. The third-order valence-corrected chi connectivity index (χ3v) is 4.26. The molecule has 0 aromatic heterocycles. The highest BCUT2D eigenvalue weighted by molar-refractivity contribution is 7.89. The number of amides is 1. The Kier molecular flexibility index (Phi) is 3.41. The maximum absolute atomic E-state index is 11.9. The molecule has 1 fully saturated rings. The molecule has 0 bridgehead atoms. The lowest BCUT2D eigenvalue weighted by atomic mass is 10.1. The number of carbonyl (C=O) groups excluding carboxylic acids is 1. The molecule has 6 nitrogen and oxygen atoms in total. The van der Waals surface area contributed by atoms with Crippen LogP contribution in [-0.4, -0.2) is 31.5 Å². The van der Waals surface area contributed by atoms with E-state index in [2.05, 4.69) is 6.07 Å². The molecule has 2 rings (SSSR count). The summed E-state index contributed by atoms with van der Waals surface area (Å²) < 4.78 is 22.1. The van der Waals surface area contributed by atoms with Gasteiger partial charge >= 0.3 is 0 Å². The summed E-state index contributed by atoms with van der Waals surface area (Å²) in [5.74, 6) is -0.543. The SMILES string of the molecule is N#CC1=C(N2CC(CS(N)(=O)=O)CC2=O)CCC1. The quantitative estimate of drug-likeness (QED) is 0.783. The molecule has 1 aliphatic carbocycles. The summed E-state index contributed by atoms with van der Waals surface area (Å²) >= 11 is 0. The maximum atomic E-state index is 11.9. The summed E-state index contributed by atoms with van der Waals surface area (Å²) in [7, 11) is -3.56. The Labute approximate surface area is 106 Å². The number of primary sulfonamides is 1. The van der Waals surface area contributed by atoms with E-state index < -0.39 is 10.0 Å². The molecule has 0 radical (unpaired) electrons. The molecule has 98 valence electrons. The molecule has 18 heavy (non-hydrogen) atoms. The molecule has 7 heteroatoms. The Morgan fingerprint density at radius 2 is 2.17 bits per heavy atom. The largest absolute Gasteiger partial charge is 0.315 e. The van der Waals surface area contributed by atoms with E-state index >= 15 is 0 Å². The molecule has 2 aliphatic rings. The van der Waals surface area contributed by atoms with Crippen LogP contribution in [0.1, 0.15) is 25.7 Å². The summed E-state index contributed by atoms with van der Waals surface area (Å²) in [6, 6.07) is 2.12. The van der Waals surface area contributed by atoms with Crippen molar-refractivity contribution in [2.45, 2.75) is 25.7 Å². The molecule has 1 amide bonds. The molecule has 1 atom stereocenters. The Balaban J connectivity index is 2.14. The fourth-order valence-electron chi connectivity index (χ4n) is 2.63. The van der Waals surface area contributed by atoms with Gasteiger partial charge in [-0.15, -0.1) is 0 Å². The van der Waals surface area contributed by atoms with Crippen LogP contribution in [0.15, 0.2) is 11.3 Å². The lowest BCUT2D eigenvalue weighted by Crippen LogP contribution is -2.27. The van der Waals surface area contributed by atoms with Crippen LogP contribution in [0.5, 0.6) is 0 Å². The Hall–Kier alpha value is -1.39. The van der Waals surface area contributed by atoms with Crippen molar-refractivity contribution >= 4 is 15.9 Å². The van der Waals surface area contributed by atoms with Gasteiger partial charge in [-0.3, -0.25) is 4.79 Å². The van der Waals surface area contributed by atoms with Crippen LogP contribution in [0, 0.1) is 17.2 Å². The molecular weight excluding hydrogens is 254 g/mol. The van der Waals surface area contributed by atoms with Crippen molar-refractivity contribution in [2.24, 2.45) is 11.1 Å². The van der Waals surface area contributed by atoms with Crippen LogP contribution < -0.4 is 5.14 Å². The fraction of sp³-hybridized carbons (Fsp3) is 0.636. The molecule has 1 unspecified atom stereocenters. The number of carbonyl (C=O) groups is 1. The summed E-state index contributed by atoms with van der Waals surface area (Å²) in [4.78, 5) is 13.4. The molecule has 0 aromatic carbocycles. The number of nitrogens with zero attached hydrogens (tertiary/aromatic N) is 2. The Morgan fingerprint density at radius 1 is 1.44 bits per heavy atom. The van der Waals surface area contributed by atoms with Gasteiger partial charge in [-0.2, -0.15) is 5.26 Å². The lowest BCUT2D eigenvalue weighted by Gasteiger charge is -2.18. The van der Waals surface area contributed by atoms with Crippen LogP contribution in [0.2, 0.25) is 0 Å². The minimum atomic E-state index is -3.56. The van der Waals surface area contributed by atoms with E-state index in [1.54, 1.807) is 4.90 Å². The van der Waals surface area contributed by atoms with Crippen molar-refractivity contribution in [2.75, 3.05) is 12.3 Å². The number of nitrogens with two attached hydrogens (primary N) is 1. The van der Waals surface area contributed by atoms with E-state index in [4.69, 9.17) is 10.4 Å². The number of likely N-dealkylation sites (tertiary alicyclic amines) is 1. The molecule has 1 heterocycles. The summed E-state index contributed by atoms with van der Waals surface area (Å²) in [6.07, 6.45) is 2.49. The average molecular weight is 269 g/mol. The Bertz CT molecular complexity index is 544. The number of nitriles is 1. The third-order valence-electron chi connectivity index (χ3n) is 3.32. The van der Waals surface area contributed by atoms with Crippen LogP contribution >= 0.6 is 0 Å². The zero-order chi connectivity index (χ0) is 13.3. The second-order valence-corrected chi connectivity index (χ2v) is 6.45. The first-order chi connectivity index (χ1) is 8.40. The van der Waals surface area contributed by atoms with Gasteiger partial charge in [0.2, 0.25) is 15.9 Å². The number of hydrogen-bond donors (Lipinski definition) is 1. The van der Waals surface area contributed by atoms with Gasteiger partial charge in [-0.05, 0) is 19.3 Å². The molecule has 2 N–H and O–H groups in total. The molecule has 0 aromatic rings. The van der Waals surface area contributed by atoms with Gasteiger partial charge in [0.1, 0.15) is 0 Å². The minimum absolute atomic E-state index is 0.103. The van der Waals surface area contributed by atoms with Crippen LogP contribution in [0.3, 0.4) is 0 Å². The molecule has 1 saturated heterocycles. The van der Waals surface area contributed by atoms with Gasteiger partial charge in [0.15, 0.2) is 0 Å². The fourth-order valence-corrected chi connectivity index (χ4v) is 3.51. The zero-order valence-electron chi connectivity index (χ0n) is 9.92. The number of sulfonamides is 1. The van der Waals surface area contributed by atoms with Crippen molar-refractivity contribution in [3.8, 4) is 6.07 Å². The highest BCUT2D eigenvalue weighted by Crippen LogP contribution is 2.33. The van der Waals surface area contributed by atoms with E-state index in [1.807, 2.05) is 0 Å². The van der Waals surface area contributed by atoms with Gasteiger partial charge in [-0.1, -0.05) is 0 Å². The molecular formula is C11H15N3O3S. The topological polar surface area (TPSA) is 104 Å². The smallest absolute Gasteiger partial charge is 0.227 e. The highest BCUT2D eigenvalue weighted by Gasteiger charge is 2.35. The monoisotopic (exact) mass is 269 g/mol. The van der Waals surface area contributed by atoms with Gasteiger partial charge in [0.25, 0.3) is 0 Å². The van der Waals surface area contributed by atoms with Crippen molar-refractivity contribution in [3.05, 3.63) is 11.3 Å². The molecule has 0 spiro atoms. The van der Waals surface area contributed by atoms with E-state index in [-0.39, 0.29) is 24.0 Å². The summed E-state index contributed by atoms with van der Waals surface area (Å²) in [5.41, 5.74) is 1.43. The van der Waals surface area contributed by atoms with Crippen molar-refractivity contribution in [1.82, 2.24) is 4.90 Å². The third kappa shape index (κ3) is 2.71. The van der Waals surface area contributed by atoms with Crippen LogP contribution in [-0.2, 0) is 14.8 Å². The van der Waals surface area contributed by atoms with Crippen molar-refractivity contribution in [3.63, 3.8) is 0 Å². The normalized spacial score (nSPS) is 24.8. The van der Waals surface area contributed by atoms with E-state index in [9.17, 15) is 13.2 Å². The number of allylic oxidation sites excluding steroid dienone is 2. The van der Waals surface area contributed by atoms with Gasteiger partial charge in [0, 0.05) is 30.2 Å². The summed E-state index contributed by atoms with van der Waals surface area (Å²) in [5, 5.41) is 14.0. The lowest BCUT2D eigenvalue weighted by molar-refractivity contribution is -0.126. The second-order valence-electron chi connectivity index (χ2n) is 4.79. The van der Waals surface area contributed by atoms with Crippen molar-refractivity contribution < 1.29 is 13.2 Å². The van der Waals surface area contributed by atoms with E-state index in [0.29, 0.717) is 18.5 Å². The van der Waals surface area contributed by atoms with Gasteiger partial charge in [-0.25, -0.2) is 13.6 Å². The minimum Gasteiger partial charge on any atom is -0.315 e. The van der Waals surface area contributed by atoms with Crippen LogP contribution in [0.4, 0.5) is 0 Å². The van der Waals surface area contributed by atoms with Gasteiger partial charge in [0.05, 0.1) is 11.8 Å². The predicted molar refractivity (Wildman–Crippen MR) is 64.3 cm³/mol. The van der Waals surface area contributed by atoms with Crippen LogP contribution in [0.25, 0.3) is 0 Å². The second kappa shape index (κ2) is 4.71. The van der Waals surface area contributed by atoms with Crippen molar-refractivity contribution in [1.29, 1.82) is 5.26 Å². The standard InChI is InChI=1S/C11H15N3O3S/c12-5-9-2-1-3-10(9)14-6-8(4-11(14)15)7-18(13,16)17/h8H,1-4,6-7H2,(H2,13,16,17). The first kappa shape index (κ1) is 13.1. The van der Waals surface area contributed by atoms with E-state index in [0.717, 1.165) is 18.5 Å². The predicted octanol–water partition coefficient (Wildman–Crippen LogP) is 0.0850. The Morgan fingerprint density at radius 3 is 2.78 bits per heavy atom. The van der Waals surface area contributed by atoms with E-state index in [1.165, 1.54) is 0 Å². The molecule has 1 aliphatic heterocycles. The zero-order valence-corrected chi connectivity index (χ0v) is 10.7. The highest BCUT2D eigenvalue weighted by atomic mass is 32.2. The first-order valence-electron chi connectivity index (χ1n) is 5.83. The maximum Gasteiger partial charge on any atom is 0.227 e. The summed E-state index contributed by atoms with van der Waals surface area (Å²) in [6.45, 7) is 0.357. The van der Waals surface area contributed by atoms with Gasteiger partial charge < -0.3 is 4.90 Å². The average Bonchev–Trinajstić information content (AvgIpc) is 2.81.